The van der Waals surface area contributed by atoms with E-state index in [9.17, 15) is 19.8 Å². The predicted molar refractivity (Wildman–Crippen MR) is 319 cm³/mol. The number of hydrogen-bond acceptors (Lipinski definition) is 3. The van der Waals surface area contributed by atoms with E-state index < -0.39 is 22.1 Å². The van der Waals surface area contributed by atoms with Crippen LogP contribution in [0.15, 0.2) is 0 Å². The van der Waals surface area contributed by atoms with E-state index in [2.05, 4.69) is 27.7 Å². The molecule has 0 aliphatic carbocycles. The maximum atomic E-state index is 14.4. The molecule has 0 fully saturated rings. The Hall–Kier alpha value is -0.710. The number of carbonyl (C=O) groups is 2. The third-order valence-corrected chi connectivity index (χ3v) is 18.5. The molecular weight excluding hydrogens is 889 g/mol. The van der Waals surface area contributed by atoms with Gasteiger partial charge in [0.05, 0.1) is 11.8 Å². The van der Waals surface area contributed by atoms with Gasteiger partial charge in [-0.15, -0.1) is 0 Å². The molecule has 0 rings (SSSR count). The monoisotopic (exact) mass is 1020 g/mol. The topological polar surface area (TPSA) is 74.6 Å². The van der Waals surface area contributed by atoms with E-state index in [1.807, 2.05) is 0 Å². The average Bonchev–Trinajstić information content (AvgIpc) is 3.36. The molecule has 0 aliphatic rings. The van der Waals surface area contributed by atoms with Gasteiger partial charge in [0, 0.05) is 10.5 Å². The summed E-state index contributed by atoms with van der Waals surface area (Å²) in [6, 6.07) is 0. The first-order valence-corrected chi connectivity index (χ1v) is 33.9. The normalized spacial score (nSPS) is 12.1. The summed E-state index contributed by atoms with van der Waals surface area (Å²) in [5.74, 6) is -0.792. The standard InChI is InChI=1S/C66H130O4S/c1-5-9-13-17-21-25-29-31-33-35-37-39-41-45-49-53-58-65(64(69)70,59-54-50-46-42-40-38-36-34-32-30-26-22-18-14-10-6-2)66(71-62-57-63(67)68,60-55-51-47-43-27-23-19-15-11-7-3)61-56-52-48-44-28-24-20-16-12-8-4/h5-62H2,1-4H3,(H,67,68)(H,69,70). The second kappa shape index (κ2) is 55.5. The lowest BCUT2D eigenvalue weighted by Crippen LogP contribution is -2.52. The van der Waals surface area contributed by atoms with E-state index in [1.54, 1.807) is 11.8 Å². The molecule has 0 unspecified atom stereocenters. The second-order valence-corrected chi connectivity index (χ2v) is 24.8. The van der Waals surface area contributed by atoms with Gasteiger partial charge in [-0.3, -0.25) is 9.59 Å². The summed E-state index contributed by atoms with van der Waals surface area (Å²) in [6.45, 7) is 9.17. The molecule has 0 saturated heterocycles. The van der Waals surface area contributed by atoms with Crippen molar-refractivity contribution in [2.75, 3.05) is 5.75 Å². The van der Waals surface area contributed by atoms with Gasteiger partial charge in [-0.2, -0.15) is 11.8 Å². The van der Waals surface area contributed by atoms with E-state index in [0.29, 0.717) is 5.75 Å². The van der Waals surface area contributed by atoms with Crippen LogP contribution >= 0.6 is 11.8 Å². The van der Waals surface area contributed by atoms with Gasteiger partial charge in [0.2, 0.25) is 0 Å². The number of thioether (sulfide) groups is 1. The van der Waals surface area contributed by atoms with Gasteiger partial charge in [0.1, 0.15) is 0 Å². The summed E-state index contributed by atoms with van der Waals surface area (Å²) in [7, 11) is 0. The van der Waals surface area contributed by atoms with Crippen LogP contribution < -0.4 is 0 Å². The molecule has 0 aromatic heterocycles. The van der Waals surface area contributed by atoms with Crippen molar-refractivity contribution in [3.8, 4) is 0 Å². The number of carboxylic acid groups (broad SMARTS) is 2. The first-order chi connectivity index (χ1) is 34.9. The summed E-state index contributed by atoms with van der Waals surface area (Å²) in [4.78, 5) is 26.5. The highest BCUT2D eigenvalue weighted by Gasteiger charge is 2.55. The van der Waals surface area contributed by atoms with Gasteiger partial charge < -0.3 is 10.2 Å². The van der Waals surface area contributed by atoms with Crippen molar-refractivity contribution in [2.45, 2.75) is 398 Å². The Labute approximate surface area is 450 Å². The Morgan fingerprint density at radius 1 is 0.282 bits per heavy atom. The van der Waals surface area contributed by atoms with Crippen LogP contribution in [0.5, 0.6) is 0 Å². The Balaban J connectivity index is 5.87. The molecule has 4 nitrogen and oxygen atoms in total. The van der Waals surface area contributed by atoms with Crippen molar-refractivity contribution < 1.29 is 19.8 Å². The summed E-state index contributed by atoms with van der Waals surface area (Å²) in [5.41, 5.74) is -0.805. The van der Waals surface area contributed by atoms with E-state index >= 15 is 0 Å². The van der Waals surface area contributed by atoms with Crippen LogP contribution in [0.4, 0.5) is 0 Å². The fourth-order valence-electron chi connectivity index (χ4n) is 12.0. The highest BCUT2D eigenvalue weighted by Crippen LogP contribution is 2.56. The molecule has 0 spiro atoms. The van der Waals surface area contributed by atoms with E-state index in [4.69, 9.17) is 0 Å². The number of aliphatic carboxylic acids is 2. The molecule has 5 heteroatoms. The lowest BCUT2D eigenvalue weighted by molar-refractivity contribution is -0.153. The zero-order valence-electron chi connectivity index (χ0n) is 49.1. The molecule has 0 bridgehead atoms. The van der Waals surface area contributed by atoms with Crippen molar-refractivity contribution in [3.05, 3.63) is 0 Å². The van der Waals surface area contributed by atoms with Gasteiger partial charge >= 0.3 is 11.9 Å². The zero-order chi connectivity index (χ0) is 51.9. The van der Waals surface area contributed by atoms with Crippen LogP contribution in [0.25, 0.3) is 0 Å². The zero-order valence-corrected chi connectivity index (χ0v) is 49.9. The molecule has 71 heavy (non-hydrogen) atoms. The molecule has 0 radical (unpaired) electrons. The molecule has 0 aliphatic heterocycles. The first-order valence-electron chi connectivity index (χ1n) is 32.9. The predicted octanol–water partition coefficient (Wildman–Crippen LogP) is 23.9. The average molecular weight is 1020 g/mol. The van der Waals surface area contributed by atoms with Gasteiger partial charge in [-0.1, -0.05) is 362 Å². The van der Waals surface area contributed by atoms with E-state index in [1.165, 1.54) is 295 Å². The minimum atomic E-state index is -0.805. The second-order valence-electron chi connectivity index (χ2n) is 23.3. The van der Waals surface area contributed by atoms with Gasteiger partial charge in [0.15, 0.2) is 0 Å². The van der Waals surface area contributed by atoms with Crippen LogP contribution in [0.1, 0.15) is 394 Å². The van der Waals surface area contributed by atoms with Crippen molar-refractivity contribution >= 4 is 23.7 Å². The number of rotatable bonds is 62. The molecule has 0 amide bonds. The van der Waals surface area contributed by atoms with Crippen molar-refractivity contribution in [1.29, 1.82) is 0 Å². The van der Waals surface area contributed by atoms with Crippen molar-refractivity contribution in [1.82, 2.24) is 0 Å². The van der Waals surface area contributed by atoms with Crippen molar-refractivity contribution in [3.63, 3.8) is 0 Å². The Morgan fingerprint density at radius 2 is 0.465 bits per heavy atom. The van der Waals surface area contributed by atoms with Gasteiger partial charge in [0.25, 0.3) is 0 Å². The largest absolute Gasteiger partial charge is 0.481 e. The minimum Gasteiger partial charge on any atom is -0.481 e. The highest BCUT2D eigenvalue weighted by molar-refractivity contribution is 8.00. The summed E-state index contributed by atoms with van der Waals surface area (Å²) in [6.07, 6.45) is 71.5. The Kier molecular flexibility index (Phi) is 55.0. The lowest BCUT2D eigenvalue weighted by Gasteiger charge is -2.49. The smallest absolute Gasteiger partial charge is 0.311 e. The van der Waals surface area contributed by atoms with Crippen LogP contribution in [-0.4, -0.2) is 32.7 Å². The quantitative estimate of drug-likeness (QED) is 0.0594. The molecular formula is C66H130O4S. The fraction of sp³-hybridized carbons (Fsp3) is 0.970. The number of unbranched alkanes of at least 4 members (excludes halogenated alkanes) is 48. The SMILES string of the molecule is CCCCCCCCCCCCCCCCCCC(CCCCCCCCCCCCCCCCCC)(C(=O)O)C(CCCCCCCCCCCC)(CCCCCCCCCCCC)SCCC(=O)O. The maximum Gasteiger partial charge on any atom is 0.311 e. The maximum absolute atomic E-state index is 14.4. The molecule has 0 aromatic rings. The molecule has 2 N–H and O–H groups in total. The van der Waals surface area contributed by atoms with Crippen LogP contribution in [0.2, 0.25) is 0 Å². The summed E-state index contributed by atoms with van der Waals surface area (Å²) in [5, 5.41) is 21.8. The lowest BCUT2D eigenvalue weighted by atomic mass is 9.64. The van der Waals surface area contributed by atoms with E-state index in [0.717, 1.165) is 64.2 Å². The fourth-order valence-corrected chi connectivity index (χ4v) is 13.8. The Bertz CT molecular complexity index is 1020. The third kappa shape index (κ3) is 43.1. The number of hydrogen-bond donors (Lipinski definition) is 2. The van der Waals surface area contributed by atoms with Crippen LogP contribution in [0.3, 0.4) is 0 Å². The first kappa shape index (κ1) is 70.3. The van der Waals surface area contributed by atoms with Crippen LogP contribution in [-0.2, 0) is 9.59 Å². The van der Waals surface area contributed by atoms with Crippen molar-refractivity contribution in [2.24, 2.45) is 5.41 Å². The highest BCUT2D eigenvalue weighted by atomic mass is 32.2. The van der Waals surface area contributed by atoms with E-state index in [-0.39, 0.29) is 6.42 Å². The summed E-state index contributed by atoms with van der Waals surface area (Å²) >= 11 is 1.81. The van der Waals surface area contributed by atoms with Gasteiger partial charge in [-0.25, -0.2) is 0 Å². The molecule has 0 heterocycles. The Morgan fingerprint density at radius 3 is 0.648 bits per heavy atom. The van der Waals surface area contributed by atoms with Gasteiger partial charge in [-0.05, 0) is 25.7 Å². The minimum absolute atomic E-state index is 0.121. The van der Waals surface area contributed by atoms with Crippen LogP contribution in [0, 0.1) is 5.41 Å². The summed E-state index contributed by atoms with van der Waals surface area (Å²) < 4.78 is -0.417. The molecule has 0 aromatic carbocycles. The molecule has 0 saturated carbocycles. The molecule has 0 atom stereocenters. The third-order valence-electron chi connectivity index (χ3n) is 16.8. The number of carboxylic acids is 2. The molecule has 424 valence electrons.